The molecule has 0 bridgehead atoms. The molecule has 4 aromatic rings. The van der Waals surface area contributed by atoms with Gasteiger partial charge >= 0.3 is 0 Å². The number of thiazole rings is 1. The first-order chi connectivity index (χ1) is 11.7. The summed E-state index contributed by atoms with van der Waals surface area (Å²) in [6.07, 6.45) is 3.58. The predicted octanol–water partition coefficient (Wildman–Crippen LogP) is 3.90. The van der Waals surface area contributed by atoms with E-state index in [4.69, 9.17) is 5.73 Å². The van der Waals surface area contributed by atoms with Crippen LogP contribution in [0.4, 0.5) is 11.4 Å². The van der Waals surface area contributed by atoms with E-state index in [0.717, 1.165) is 16.1 Å². The molecule has 0 aliphatic carbocycles. The van der Waals surface area contributed by atoms with Crippen LogP contribution in [-0.4, -0.2) is 15.3 Å². The Kier molecular flexibility index (Phi) is 3.51. The number of carbonyl (C=O) groups is 1. The second-order valence-electron chi connectivity index (χ2n) is 5.34. The zero-order valence-electron chi connectivity index (χ0n) is 12.6. The van der Waals surface area contributed by atoms with Gasteiger partial charge in [-0.25, -0.2) is 4.98 Å². The van der Waals surface area contributed by atoms with Gasteiger partial charge < -0.3 is 11.1 Å². The molecule has 0 fully saturated rings. The van der Waals surface area contributed by atoms with Crippen molar-refractivity contribution in [3.05, 3.63) is 72.0 Å². The van der Waals surface area contributed by atoms with Crippen molar-refractivity contribution in [2.75, 3.05) is 11.1 Å². The zero-order valence-corrected chi connectivity index (χ0v) is 13.5. The Balaban J connectivity index is 1.64. The first-order valence-corrected chi connectivity index (χ1v) is 8.27. The number of fused-ring (bicyclic) bond motifs is 1. The Bertz CT molecular complexity index is 991. The van der Waals surface area contributed by atoms with Crippen molar-refractivity contribution in [2.24, 2.45) is 0 Å². The molecule has 0 radical (unpaired) electrons. The third-order valence-electron chi connectivity index (χ3n) is 3.73. The number of aromatic nitrogens is 2. The number of hydrogen-bond donors (Lipinski definition) is 2. The van der Waals surface area contributed by atoms with Crippen LogP contribution in [0.1, 0.15) is 10.5 Å². The largest absolute Gasteiger partial charge is 0.397 e. The van der Waals surface area contributed by atoms with Gasteiger partial charge in [-0.05, 0) is 23.3 Å². The van der Waals surface area contributed by atoms with Crippen molar-refractivity contribution < 1.29 is 4.79 Å². The summed E-state index contributed by atoms with van der Waals surface area (Å²) >= 11 is 1.48. The lowest BCUT2D eigenvalue weighted by atomic mass is 10.0. The number of benzene rings is 2. The number of nitrogens with one attached hydrogen (secondary N) is 1. The van der Waals surface area contributed by atoms with E-state index >= 15 is 0 Å². The molecule has 1 amide bonds. The lowest BCUT2D eigenvalue weighted by Gasteiger charge is -2.10. The SMILES string of the molecule is Nc1ccc(-c2ccccc2)cc1NC(=O)c1cn2ccsc2n1. The average Bonchev–Trinajstić information content (AvgIpc) is 3.19. The number of nitrogens with zero attached hydrogens (tertiary/aromatic N) is 2. The number of anilines is 2. The molecule has 0 atom stereocenters. The molecule has 0 saturated carbocycles. The van der Waals surface area contributed by atoms with E-state index in [2.05, 4.69) is 10.3 Å². The predicted molar refractivity (Wildman–Crippen MR) is 97.3 cm³/mol. The molecular formula is C18H14N4OS. The van der Waals surface area contributed by atoms with Crippen LogP contribution in [0.5, 0.6) is 0 Å². The average molecular weight is 334 g/mol. The Morgan fingerprint density at radius 3 is 2.75 bits per heavy atom. The number of nitrogens with two attached hydrogens (primary N) is 1. The molecular weight excluding hydrogens is 320 g/mol. The minimum absolute atomic E-state index is 0.275. The van der Waals surface area contributed by atoms with Crippen LogP contribution in [-0.2, 0) is 0 Å². The summed E-state index contributed by atoms with van der Waals surface area (Å²) in [5.41, 5.74) is 9.53. The number of rotatable bonds is 3. The number of carbonyl (C=O) groups excluding carboxylic acids is 1. The van der Waals surface area contributed by atoms with Crippen LogP contribution in [0.25, 0.3) is 16.1 Å². The van der Waals surface area contributed by atoms with Gasteiger partial charge in [-0.15, -0.1) is 11.3 Å². The highest BCUT2D eigenvalue weighted by atomic mass is 32.1. The smallest absolute Gasteiger partial charge is 0.275 e. The fraction of sp³-hybridized carbons (Fsp3) is 0. The van der Waals surface area contributed by atoms with Crippen LogP contribution in [0.3, 0.4) is 0 Å². The standard InChI is InChI=1S/C18H14N4OS/c19-14-7-6-13(12-4-2-1-3-5-12)10-15(14)20-17(23)16-11-22-8-9-24-18(22)21-16/h1-11H,19H2,(H,20,23). The van der Waals surface area contributed by atoms with Gasteiger partial charge in [0.2, 0.25) is 0 Å². The topological polar surface area (TPSA) is 72.4 Å². The van der Waals surface area contributed by atoms with Crippen molar-refractivity contribution in [3.63, 3.8) is 0 Å². The van der Waals surface area contributed by atoms with Crippen molar-refractivity contribution in [3.8, 4) is 11.1 Å². The van der Waals surface area contributed by atoms with Crippen molar-refractivity contribution in [1.82, 2.24) is 9.38 Å². The maximum atomic E-state index is 12.4. The van der Waals surface area contributed by atoms with Gasteiger partial charge in [0, 0.05) is 17.8 Å². The molecule has 3 N–H and O–H groups in total. The molecule has 0 aliphatic rings. The van der Waals surface area contributed by atoms with E-state index in [1.807, 2.05) is 58.4 Å². The van der Waals surface area contributed by atoms with Crippen LogP contribution in [0, 0.1) is 0 Å². The zero-order chi connectivity index (χ0) is 16.5. The Morgan fingerprint density at radius 2 is 1.96 bits per heavy atom. The molecule has 6 heteroatoms. The maximum absolute atomic E-state index is 12.4. The summed E-state index contributed by atoms with van der Waals surface area (Å²) in [5, 5.41) is 4.77. The van der Waals surface area contributed by atoms with E-state index < -0.39 is 0 Å². The van der Waals surface area contributed by atoms with E-state index in [0.29, 0.717) is 17.1 Å². The van der Waals surface area contributed by atoms with E-state index in [1.54, 1.807) is 12.3 Å². The molecule has 5 nitrogen and oxygen atoms in total. The summed E-state index contributed by atoms with van der Waals surface area (Å²) in [5.74, 6) is -0.275. The van der Waals surface area contributed by atoms with Gasteiger partial charge in [-0.3, -0.25) is 9.20 Å². The summed E-state index contributed by atoms with van der Waals surface area (Å²) in [6.45, 7) is 0. The molecule has 2 heterocycles. The Hall–Kier alpha value is -3.12. The molecule has 4 rings (SSSR count). The lowest BCUT2D eigenvalue weighted by molar-refractivity contribution is 0.102. The molecule has 2 aromatic heterocycles. The number of hydrogen-bond acceptors (Lipinski definition) is 4. The molecule has 0 aliphatic heterocycles. The Labute approximate surface area is 142 Å². The van der Waals surface area contributed by atoms with Gasteiger partial charge in [0.1, 0.15) is 5.69 Å². The van der Waals surface area contributed by atoms with Crippen molar-refractivity contribution in [2.45, 2.75) is 0 Å². The summed E-state index contributed by atoms with van der Waals surface area (Å²) in [4.78, 5) is 17.5. The lowest BCUT2D eigenvalue weighted by Crippen LogP contribution is -2.13. The van der Waals surface area contributed by atoms with E-state index in [9.17, 15) is 4.79 Å². The second kappa shape index (κ2) is 5.82. The fourth-order valence-corrected chi connectivity index (χ4v) is 3.20. The van der Waals surface area contributed by atoms with Gasteiger partial charge in [0.05, 0.1) is 11.4 Å². The second-order valence-corrected chi connectivity index (χ2v) is 6.21. The van der Waals surface area contributed by atoms with Crippen LogP contribution < -0.4 is 11.1 Å². The van der Waals surface area contributed by atoms with Gasteiger partial charge in [0.15, 0.2) is 4.96 Å². The van der Waals surface area contributed by atoms with Crippen molar-refractivity contribution in [1.29, 1.82) is 0 Å². The maximum Gasteiger partial charge on any atom is 0.275 e. The molecule has 0 saturated heterocycles. The van der Waals surface area contributed by atoms with Gasteiger partial charge in [-0.2, -0.15) is 0 Å². The number of nitrogen functional groups attached to an aromatic ring is 1. The molecule has 2 aromatic carbocycles. The van der Waals surface area contributed by atoms with Crippen LogP contribution in [0.2, 0.25) is 0 Å². The number of imidazole rings is 1. The Morgan fingerprint density at radius 1 is 1.12 bits per heavy atom. The normalized spacial score (nSPS) is 10.8. The summed E-state index contributed by atoms with van der Waals surface area (Å²) in [7, 11) is 0. The minimum atomic E-state index is -0.275. The first kappa shape index (κ1) is 14.5. The van der Waals surface area contributed by atoms with Crippen LogP contribution in [0.15, 0.2) is 66.3 Å². The van der Waals surface area contributed by atoms with E-state index in [-0.39, 0.29) is 5.91 Å². The third kappa shape index (κ3) is 2.63. The molecule has 0 unspecified atom stereocenters. The molecule has 118 valence electrons. The first-order valence-electron chi connectivity index (χ1n) is 7.39. The van der Waals surface area contributed by atoms with Gasteiger partial charge in [0.25, 0.3) is 5.91 Å². The minimum Gasteiger partial charge on any atom is -0.397 e. The van der Waals surface area contributed by atoms with E-state index in [1.165, 1.54) is 11.3 Å². The van der Waals surface area contributed by atoms with Gasteiger partial charge in [-0.1, -0.05) is 36.4 Å². The highest BCUT2D eigenvalue weighted by Gasteiger charge is 2.13. The highest BCUT2D eigenvalue weighted by molar-refractivity contribution is 7.15. The third-order valence-corrected chi connectivity index (χ3v) is 4.51. The highest BCUT2D eigenvalue weighted by Crippen LogP contribution is 2.27. The quantitative estimate of drug-likeness (QED) is 0.558. The summed E-state index contributed by atoms with van der Waals surface area (Å²) in [6, 6.07) is 15.6. The monoisotopic (exact) mass is 334 g/mol. The van der Waals surface area contributed by atoms with Crippen LogP contribution >= 0.6 is 11.3 Å². The molecule has 24 heavy (non-hydrogen) atoms. The van der Waals surface area contributed by atoms with Crippen molar-refractivity contribution >= 4 is 33.6 Å². The fourth-order valence-electron chi connectivity index (χ4n) is 2.50. The molecule has 0 spiro atoms. The number of amides is 1. The summed E-state index contributed by atoms with van der Waals surface area (Å²) < 4.78 is 1.82.